The largest absolute Gasteiger partial charge is 0.493 e. The second-order valence-electron chi connectivity index (χ2n) is 7.47. The van der Waals surface area contributed by atoms with Gasteiger partial charge in [0.2, 0.25) is 5.89 Å². The maximum absolute atomic E-state index is 11.7. The summed E-state index contributed by atoms with van der Waals surface area (Å²) in [5.41, 5.74) is 2.75. The first-order valence-electron chi connectivity index (χ1n) is 10.3. The average Bonchev–Trinajstić information content (AvgIpc) is 3.39. The number of aryl methyl sites for hydroxylation is 1. The van der Waals surface area contributed by atoms with Gasteiger partial charge in [-0.15, -0.1) is 0 Å². The molecule has 1 unspecified atom stereocenters. The van der Waals surface area contributed by atoms with Crippen molar-refractivity contribution < 1.29 is 19.1 Å². The lowest BCUT2D eigenvalue weighted by Gasteiger charge is -2.15. The summed E-state index contributed by atoms with van der Waals surface area (Å²) in [7, 11) is 0. The standard InChI is InChI=1S/C25H23BrN2O4/c1-17-22(27-24(32-17)19-5-3-2-4-6-19)12-14-31-21-9-7-18(8-10-21)15-23(25(29)30)28-13-11-20(26)16-28/h2-11,13,16,23H,12,14-15H2,1H3,(H,29,30). The number of aliphatic carboxylic acids is 1. The van der Waals surface area contributed by atoms with E-state index < -0.39 is 12.0 Å². The zero-order valence-corrected chi connectivity index (χ0v) is 19.2. The number of ether oxygens (including phenoxy) is 1. The molecular weight excluding hydrogens is 472 g/mol. The molecule has 1 N–H and O–H groups in total. The van der Waals surface area contributed by atoms with Crippen LogP contribution >= 0.6 is 15.9 Å². The second kappa shape index (κ2) is 9.87. The van der Waals surface area contributed by atoms with E-state index >= 15 is 0 Å². The quantitative estimate of drug-likeness (QED) is 0.322. The number of hydrogen-bond acceptors (Lipinski definition) is 4. The lowest BCUT2D eigenvalue weighted by Crippen LogP contribution is -2.20. The smallest absolute Gasteiger partial charge is 0.327 e. The van der Waals surface area contributed by atoms with E-state index in [0.717, 1.165) is 32.8 Å². The van der Waals surface area contributed by atoms with E-state index in [1.165, 1.54) is 0 Å². The van der Waals surface area contributed by atoms with Gasteiger partial charge in [-0.1, -0.05) is 30.3 Å². The van der Waals surface area contributed by atoms with E-state index in [0.29, 0.717) is 25.3 Å². The highest BCUT2D eigenvalue weighted by molar-refractivity contribution is 9.10. The summed E-state index contributed by atoms with van der Waals surface area (Å²) in [6.07, 6.45) is 4.55. The number of hydrogen-bond donors (Lipinski definition) is 1. The van der Waals surface area contributed by atoms with Crippen molar-refractivity contribution in [2.75, 3.05) is 6.61 Å². The summed E-state index contributed by atoms with van der Waals surface area (Å²) in [5, 5.41) is 9.60. The van der Waals surface area contributed by atoms with Gasteiger partial charge in [0, 0.05) is 35.3 Å². The monoisotopic (exact) mass is 494 g/mol. The molecule has 0 radical (unpaired) electrons. The number of benzene rings is 2. The number of carboxylic acid groups (broad SMARTS) is 1. The molecule has 4 aromatic rings. The molecule has 164 valence electrons. The zero-order chi connectivity index (χ0) is 22.5. The van der Waals surface area contributed by atoms with Gasteiger partial charge in [0.25, 0.3) is 0 Å². The van der Waals surface area contributed by atoms with E-state index in [2.05, 4.69) is 20.9 Å². The molecule has 0 amide bonds. The molecule has 0 aliphatic carbocycles. The summed E-state index contributed by atoms with van der Waals surface area (Å²) < 4.78 is 14.2. The van der Waals surface area contributed by atoms with Crippen molar-refractivity contribution in [1.29, 1.82) is 0 Å². The van der Waals surface area contributed by atoms with Crippen molar-refractivity contribution in [3.8, 4) is 17.2 Å². The molecule has 1 atom stereocenters. The maximum Gasteiger partial charge on any atom is 0.327 e. The van der Waals surface area contributed by atoms with E-state index in [-0.39, 0.29) is 0 Å². The highest BCUT2D eigenvalue weighted by Gasteiger charge is 2.19. The molecule has 7 heteroatoms. The molecule has 0 spiro atoms. The summed E-state index contributed by atoms with van der Waals surface area (Å²) in [5.74, 6) is 1.27. The first kappa shape index (κ1) is 21.9. The van der Waals surface area contributed by atoms with Crippen molar-refractivity contribution in [1.82, 2.24) is 9.55 Å². The zero-order valence-electron chi connectivity index (χ0n) is 17.6. The predicted octanol–water partition coefficient (Wildman–Crippen LogP) is 5.70. The van der Waals surface area contributed by atoms with Gasteiger partial charge >= 0.3 is 5.97 Å². The molecule has 0 aliphatic heterocycles. The van der Waals surface area contributed by atoms with E-state index in [9.17, 15) is 9.90 Å². The van der Waals surface area contributed by atoms with Crippen LogP contribution in [0.4, 0.5) is 0 Å². The Hall–Kier alpha value is -3.32. The number of carboxylic acids is 1. The molecule has 2 aromatic heterocycles. The van der Waals surface area contributed by atoms with Crippen LogP contribution in [0.15, 0.2) is 81.9 Å². The molecule has 2 aromatic carbocycles. The Kier molecular flexibility index (Phi) is 6.75. The average molecular weight is 495 g/mol. The number of carbonyl (C=O) groups is 1. The lowest BCUT2D eigenvalue weighted by molar-refractivity contribution is -0.140. The highest BCUT2D eigenvalue weighted by atomic mass is 79.9. The minimum Gasteiger partial charge on any atom is -0.493 e. The Bertz CT molecular complexity index is 1180. The van der Waals surface area contributed by atoms with Gasteiger partial charge in [0.05, 0.1) is 12.3 Å². The SMILES string of the molecule is Cc1oc(-c2ccccc2)nc1CCOc1ccc(CC(C(=O)O)n2ccc(Br)c2)cc1. The highest BCUT2D eigenvalue weighted by Crippen LogP contribution is 2.23. The molecule has 4 rings (SSSR count). The van der Waals surface area contributed by atoms with Crippen LogP contribution in [-0.4, -0.2) is 27.2 Å². The number of oxazole rings is 1. The van der Waals surface area contributed by atoms with Gasteiger partial charge in [0.1, 0.15) is 17.6 Å². The van der Waals surface area contributed by atoms with Crippen LogP contribution in [0.5, 0.6) is 5.75 Å². The summed E-state index contributed by atoms with van der Waals surface area (Å²) in [6.45, 7) is 2.38. The molecule has 2 heterocycles. The van der Waals surface area contributed by atoms with Gasteiger partial charge in [-0.2, -0.15) is 0 Å². The topological polar surface area (TPSA) is 77.5 Å². The number of halogens is 1. The molecular formula is C25H23BrN2O4. The third kappa shape index (κ3) is 5.29. The minimum absolute atomic E-state index is 0.386. The molecule has 0 aliphatic rings. The Morgan fingerprint density at radius 3 is 2.56 bits per heavy atom. The second-order valence-corrected chi connectivity index (χ2v) is 8.38. The predicted molar refractivity (Wildman–Crippen MR) is 125 cm³/mol. The Morgan fingerprint density at radius 2 is 1.91 bits per heavy atom. The number of aromatic nitrogens is 2. The van der Waals surface area contributed by atoms with Crippen LogP contribution in [0.25, 0.3) is 11.5 Å². The Labute approximate surface area is 194 Å². The third-order valence-corrected chi connectivity index (χ3v) is 5.67. The third-order valence-electron chi connectivity index (χ3n) is 5.20. The van der Waals surface area contributed by atoms with Gasteiger partial charge < -0.3 is 18.8 Å². The summed E-state index contributed by atoms with van der Waals surface area (Å²) in [4.78, 5) is 16.3. The molecule has 32 heavy (non-hydrogen) atoms. The number of nitrogens with zero attached hydrogens (tertiary/aromatic N) is 2. The maximum atomic E-state index is 11.7. The van der Waals surface area contributed by atoms with Crippen molar-refractivity contribution >= 4 is 21.9 Å². The van der Waals surface area contributed by atoms with Gasteiger partial charge in [-0.25, -0.2) is 9.78 Å². The van der Waals surface area contributed by atoms with Crippen molar-refractivity contribution in [3.05, 3.63) is 94.5 Å². The number of rotatable bonds is 9. The van der Waals surface area contributed by atoms with E-state index in [1.807, 2.05) is 67.6 Å². The fourth-order valence-electron chi connectivity index (χ4n) is 3.47. The van der Waals surface area contributed by atoms with E-state index in [4.69, 9.17) is 9.15 Å². The van der Waals surface area contributed by atoms with Crippen molar-refractivity contribution in [2.24, 2.45) is 0 Å². The van der Waals surface area contributed by atoms with E-state index in [1.54, 1.807) is 17.0 Å². The molecule has 0 fully saturated rings. The Balaban J connectivity index is 1.33. The van der Waals surface area contributed by atoms with Crippen molar-refractivity contribution in [3.63, 3.8) is 0 Å². The van der Waals surface area contributed by atoms with Crippen LogP contribution in [-0.2, 0) is 17.6 Å². The molecule has 0 saturated carbocycles. The minimum atomic E-state index is -0.869. The summed E-state index contributed by atoms with van der Waals surface area (Å²) >= 11 is 3.36. The summed E-state index contributed by atoms with van der Waals surface area (Å²) in [6, 6.07) is 18.5. The van der Waals surface area contributed by atoms with Gasteiger partial charge in [0.15, 0.2) is 0 Å². The fourth-order valence-corrected chi connectivity index (χ4v) is 3.83. The van der Waals surface area contributed by atoms with Gasteiger partial charge in [-0.05, 0) is 58.7 Å². The van der Waals surface area contributed by atoms with Crippen molar-refractivity contribution in [2.45, 2.75) is 25.8 Å². The molecule has 6 nitrogen and oxygen atoms in total. The lowest BCUT2D eigenvalue weighted by atomic mass is 10.1. The normalized spacial score (nSPS) is 11.9. The first-order valence-corrected chi connectivity index (χ1v) is 11.1. The van der Waals surface area contributed by atoms with Crippen LogP contribution in [0.2, 0.25) is 0 Å². The van der Waals surface area contributed by atoms with Crippen LogP contribution < -0.4 is 4.74 Å². The van der Waals surface area contributed by atoms with Crippen LogP contribution in [0, 0.1) is 6.92 Å². The van der Waals surface area contributed by atoms with Crippen LogP contribution in [0.3, 0.4) is 0 Å². The molecule has 0 saturated heterocycles. The fraction of sp³-hybridized carbons (Fsp3) is 0.200. The van der Waals surface area contributed by atoms with Crippen LogP contribution in [0.1, 0.15) is 23.1 Å². The first-order chi connectivity index (χ1) is 15.5. The molecule has 0 bridgehead atoms. The Morgan fingerprint density at radius 1 is 1.16 bits per heavy atom. The van der Waals surface area contributed by atoms with Gasteiger partial charge in [-0.3, -0.25) is 0 Å².